The van der Waals surface area contributed by atoms with Crippen molar-refractivity contribution in [3.63, 3.8) is 0 Å². The number of aromatic amines is 2. The Morgan fingerprint density at radius 1 is 0.659 bits per heavy atom. The summed E-state index contributed by atoms with van der Waals surface area (Å²) >= 11 is 0. The van der Waals surface area contributed by atoms with Gasteiger partial charge in [0.25, 0.3) is 0 Å². The summed E-state index contributed by atoms with van der Waals surface area (Å²) < 4.78 is 0. The fraction of sp³-hybridized carbons (Fsp3) is 0.267. The standard InChI is InChI=1S/C22H24N2O2.2C4H6N2.2ClH.Co/c1-17(15-21(25)19-9-5-3-6-10-19)23-13-14-24-18(2)16-22(26)20-11-7-4-8-12-20;2*1-4-5-2-3-6-4;;;/h3-12H,13-16H2,1-2H3;2*2-3H,1H3,(H,5,6);2*1H;/q;;;;;+2/p-2. The second kappa shape index (κ2) is 23.3. The van der Waals surface area contributed by atoms with Crippen LogP contribution >= 0.6 is 0 Å². The first kappa shape index (κ1) is 39.8. The smallest absolute Gasteiger partial charge is 1.00 e. The molecule has 4 aromatic rings. The molecule has 1 radical (unpaired) electrons. The number of aromatic nitrogens is 4. The molecule has 4 rings (SSSR count). The second-order valence-electron chi connectivity index (χ2n) is 8.52. The van der Waals surface area contributed by atoms with E-state index in [-0.39, 0.29) is 53.2 Å². The quantitative estimate of drug-likeness (QED) is 0.151. The van der Waals surface area contributed by atoms with Gasteiger partial charge in [-0.3, -0.25) is 19.6 Å². The van der Waals surface area contributed by atoms with Crippen LogP contribution in [-0.2, 0) is 16.8 Å². The Morgan fingerprint density at radius 3 is 1.24 bits per heavy atom. The molecule has 0 saturated carbocycles. The van der Waals surface area contributed by atoms with Crippen LogP contribution < -0.4 is 24.8 Å². The Kier molecular flexibility index (Phi) is 22.6. The normalized spacial score (nSPS) is 10.2. The summed E-state index contributed by atoms with van der Waals surface area (Å²) in [6.45, 7) is 8.59. The number of Topliss-reactive ketones (excluding diaryl/α,β-unsaturated/α-hetero) is 2. The van der Waals surface area contributed by atoms with E-state index in [4.69, 9.17) is 0 Å². The number of halogens is 2. The van der Waals surface area contributed by atoms with Gasteiger partial charge in [-0.25, -0.2) is 9.97 Å². The van der Waals surface area contributed by atoms with Crippen molar-refractivity contribution in [2.75, 3.05) is 13.1 Å². The van der Waals surface area contributed by atoms with Crippen LogP contribution in [0, 0.1) is 13.8 Å². The molecule has 0 amide bonds. The second-order valence-corrected chi connectivity index (χ2v) is 8.52. The number of nitrogens with one attached hydrogen (secondary N) is 2. The van der Waals surface area contributed by atoms with Gasteiger partial charge in [0.05, 0.1) is 13.1 Å². The molecule has 0 spiro atoms. The van der Waals surface area contributed by atoms with Crippen LogP contribution in [0.15, 0.2) is 95.4 Å². The number of aryl methyl sites for hydroxylation is 2. The summed E-state index contributed by atoms with van der Waals surface area (Å²) in [5, 5.41) is 0. The monoisotopic (exact) mass is 641 g/mol. The third-order valence-corrected chi connectivity index (χ3v) is 5.16. The zero-order chi connectivity index (χ0) is 27.6. The number of carbonyl (C=O) groups excluding carboxylic acids is 2. The molecule has 221 valence electrons. The molecular formula is C30H36Cl2CoN6O2. The van der Waals surface area contributed by atoms with Gasteiger partial charge in [0.15, 0.2) is 11.6 Å². The van der Waals surface area contributed by atoms with Crippen LogP contribution in [-0.4, -0.2) is 56.0 Å². The first-order chi connectivity index (χ1) is 18.3. The van der Waals surface area contributed by atoms with Crippen molar-refractivity contribution in [2.24, 2.45) is 9.98 Å². The van der Waals surface area contributed by atoms with Gasteiger partial charge in [-0.05, 0) is 27.7 Å². The molecule has 0 bridgehead atoms. The molecule has 2 N–H and O–H groups in total. The van der Waals surface area contributed by atoms with E-state index in [1.165, 1.54) is 0 Å². The number of H-pyrrole nitrogens is 2. The molecule has 11 heteroatoms. The average Bonchev–Trinajstić information content (AvgIpc) is 3.61. The summed E-state index contributed by atoms with van der Waals surface area (Å²) in [4.78, 5) is 46.5. The van der Waals surface area contributed by atoms with E-state index in [0.717, 1.165) is 23.1 Å². The molecule has 0 fully saturated rings. The summed E-state index contributed by atoms with van der Waals surface area (Å²) in [7, 11) is 0. The molecule has 0 aliphatic rings. The van der Waals surface area contributed by atoms with Crippen molar-refractivity contribution in [3.05, 3.63) is 108 Å². The van der Waals surface area contributed by atoms with E-state index >= 15 is 0 Å². The van der Waals surface area contributed by atoms with E-state index in [0.29, 0.717) is 37.1 Å². The first-order valence-corrected chi connectivity index (χ1v) is 12.4. The van der Waals surface area contributed by atoms with Crippen molar-refractivity contribution in [3.8, 4) is 0 Å². The predicted octanol–water partition coefficient (Wildman–Crippen LogP) is -0.104. The Hall–Kier alpha value is -3.37. The third-order valence-electron chi connectivity index (χ3n) is 5.16. The zero-order valence-corrected chi connectivity index (χ0v) is 26.2. The summed E-state index contributed by atoms with van der Waals surface area (Å²) in [6.07, 6.45) is 7.70. The molecule has 0 saturated heterocycles. The van der Waals surface area contributed by atoms with E-state index in [1.54, 1.807) is 24.8 Å². The van der Waals surface area contributed by atoms with Gasteiger partial charge in [-0.2, -0.15) is 0 Å². The van der Waals surface area contributed by atoms with Crippen molar-refractivity contribution < 1.29 is 51.2 Å². The Balaban J connectivity index is 0. The van der Waals surface area contributed by atoms with Crippen molar-refractivity contribution in [1.82, 2.24) is 19.9 Å². The maximum atomic E-state index is 12.1. The SMILES string of the molecule is CC(CC(=O)c1ccccc1)=NCCN=C(C)CC(=O)c1ccccc1.Cc1ncc[nH]1.Cc1ncc[nH]1.[Cl-].[Cl-].[Co+2]. The largest absolute Gasteiger partial charge is 2.00 e. The van der Waals surface area contributed by atoms with E-state index in [9.17, 15) is 9.59 Å². The van der Waals surface area contributed by atoms with Gasteiger partial charge < -0.3 is 34.8 Å². The number of benzene rings is 2. The molecule has 2 aromatic heterocycles. The Morgan fingerprint density at radius 2 is 1.00 bits per heavy atom. The van der Waals surface area contributed by atoms with E-state index in [2.05, 4.69) is 29.9 Å². The molecule has 0 aliphatic carbocycles. The zero-order valence-electron chi connectivity index (χ0n) is 23.6. The first-order valence-electron chi connectivity index (χ1n) is 12.4. The number of rotatable bonds is 9. The molecule has 0 aliphatic heterocycles. The van der Waals surface area contributed by atoms with Gasteiger partial charge in [-0.1, -0.05) is 60.7 Å². The van der Waals surface area contributed by atoms with Gasteiger partial charge in [0, 0.05) is 60.2 Å². The van der Waals surface area contributed by atoms with Crippen molar-refractivity contribution >= 4 is 23.0 Å². The van der Waals surface area contributed by atoms with Gasteiger partial charge >= 0.3 is 16.8 Å². The molecule has 0 unspecified atom stereocenters. The Bertz CT molecular complexity index is 1180. The van der Waals surface area contributed by atoms with Gasteiger partial charge in [0.2, 0.25) is 0 Å². The molecule has 41 heavy (non-hydrogen) atoms. The fourth-order valence-corrected chi connectivity index (χ4v) is 3.20. The fourth-order valence-electron chi connectivity index (χ4n) is 3.20. The summed E-state index contributed by atoms with van der Waals surface area (Å²) in [5.41, 5.74) is 3.00. The minimum absolute atomic E-state index is 0. The predicted molar refractivity (Wildman–Crippen MR) is 153 cm³/mol. The number of ketones is 2. The number of nitrogens with zero attached hydrogens (tertiary/aromatic N) is 4. The number of aliphatic imine (C=N–C) groups is 2. The maximum Gasteiger partial charge on any atom is 2.00 e. The van der Waals surface area contributed by atoms with E-state index < -0.39 is 0 Å². The van der Waals surface area contributed by atoms with Gasteiger partial charge in [-0.15, -0.1) is 0 Å². The number of imidazole rings is 2. The van der Waals surface area contributed by atoms with Crippen LogP contribution in [0.5, 0.6) is 0 Å². The Labute approximate surface area is 265 Å². The number of carbonyl (C=O) groups is 2. The van der Waals surface area contributed by atoms with Crippen molar-refractivity contribution in [1.29, 1.82) is 0 Å². The minimum Gasteiger partial charge on any atom is -1.00 e. The summed E-state index contributed by atoms with van der Waals surface area (Å²) in [5.74, 6) is 2.07. The van der Waals surface area contributed by atoms with E-state index in [1.807, 2.05) is 88.4 Å². The topological polar surface area (TPSA) is 116 Å². The molecule has 0 atom stereocenters. The molecule has 8 nitrogen and oxygen atoms in total. The van der Waals surface area contributed by atoms with Crippen LogP contribution in [0.3, 0.4) is 0 Å². The minimum atomic E-state index is 0. The molecule has 2 heterocycles. The molecular weight excluding hydrogens is 606 g/mol. The van der Waals surface area contributed by atoms with Crippen LogP contribution in [0.1, 0.15) is 59.1 Å². The van der Waals surface area contributed by atoms with Crippen LogP contribution in [0.2, 0.25) is 0 Å². The van der Waals surface area contributed by atoms with Gasteiger partial charge in [0.1, 0.15) is 11.6 Å². The number of hydrogen-bond donors (Lipinski definition) is 2. The van der Waals surface area contributed by atoms with Crippen LogP contribution in [0.4, 0.5) is 0 Å². The summed E-state index contributed by atoms with van der Waals surface area (Å²) in [6, 6.07) is 18.4. The number of hydrogen-bond acceptors (Lipinski definition) is 6. The van der Waals surface area contributed by atoms with Crippen LogP contribution in [0.25, 0.3) is 0 Å². The van der Waals surface area contributed by atoms with Crippen molar-refractivity contribution in [2.45, 2.75) is 40.5 Å². The average molecular weight is 642 g/mol. The third kappa shape index (κ3) is 17.8. The molecule has 2 aromatic carbocycles. The maximum absolute atomic E-state index is 12.1.